The third kappa shape index (κ3) is 2.76. The van der Waals surface area contributed by atoms with Gasteiger partial charge in [-0.2, -0.15) is 23.5 Å². The van der Waals surface area contributed by atoms with Crippen LogP contribution in [0.25, 0.3) is 0 Å². The molecule has 3 unspecified atom stereocenters. The Balaban J connectivity index is 2.15. The van der Waals surface area contributed by atoms with E-state index in [1.807, 2.05) is 0 Å². The molecule has 0 bridgehead atoms. The third-order valence-corrected chi connectivity index (χ3v) is 6.23. The lowest BCUT2D eigenvalue weighted by molar-refractivity contribution is 0.561. The van der Waals surface area contributed by atoms with Crippen molar-refractivity contribution in [2.75, 3.05) is 18.6 Å². The Bertz CT molecular complexity index is 315. The number of hydrogen-bond donors (Lipinski definition) is 1. The van der Waals surface area contributed by atoms with Gasteiger partial charge in [0.25, 0.3) is 0 Å². The molecular formula is C13H19NS2. The van der Waals surface area contributed by atoms with Crippen LogP contribution < -0.4 is 5.32 Å². The molecule has 1 aliphatic heterocycles. The van der Waals surface area contributed by atoms with Gasteiger partial charge in [0.1, 0.15) is 0 Å². The summed E-state index contributed by atoms with van der Waals surface area (Å²) in [5, 5.41) is 4.90. The zero-order valence-electron chi connectivity index (χ0n) is 9.85. The van der Waals surface area contributed by atoms with E-state index in [-0.39, 0.29) is 0 Å². The molecule has 1 heterocycles. The molecule has 0 radical (unpaired) electrons. The number of thioether (sulfide) groups is 2. The summed E-state index contributed by atoms with van der Waals surface area (Å²) >= 11 is 4.22. The van der Waals surface area contributed by atoms with Gasteiger partial charge in [-0.05, 0) is 12.6 Å². The molecule has 0 aliphatic carbocycles. The van der Waals surface area contributed by atoms with Crippen molar-refractivity contribution in [3.8, 4) is 0 Å². The van der Waals surface area contributed by atoms with Gasteiger partial charge in [-0.25, -0.2) is 0 Å². The molecule has 1 aromatic rings. The minimum atomic E-state index is 0.481. The van der Waals surface area contributed by atoms with Crippen molar-refractivity contribution < 1.29 is 0 Å². The first kappa shape index (κ1) is 12.3. The summed E-state index contributed by atoms with van der Waals surface area (Å²) in [7, 11) is 2.07. The van der Waals surface area contributed by atoms with E-state index in [4.69, 9.17) is 0 Å². The van der Waals surface area contributed by atoms with Gasteiger partial charge in [-0.15, -0.1) is 0 Å². The van der Waals surface area contributed by atoms with Crippen LogP contribution in [0.2, 0.25) is 0 Å². The number of rotatable bonds is 3. The molecule has 1 saturated heterocycles. The maximum Gasteiger partial charge on any atom is 0.0448 e. The highest BCUT2D eigenvalue weighted by Crippen LogP contribution is 2.38. The molecule has 0 amide bonds. The van der Waals surface area contributed by atoms with Crippen molar-refractivity contribution in [2.24, 2.45) is 0 Å². The van der Waals surface area contributed by atoms with Crippen LogP contribution in [0.3, 0.4) is 0 Å². The van der Waals surface area contributed by atoms with Gasteiger partial charge >= 0.3 is 0 Å². The molecule has 1 fully saturated rings. The van der Waals surface area contributed by atoms with Crippen LogP contribution in [-0.4, -0.2) is 29.1 Å². The first-order valence-electron chi connectivity index (χ1n) is 5.78. The van der Waals surface area contributed by atoms with Crippen molar-refractivity contribution in [3.63, 3.8) is 0 Å². The predicted octanol–water partition coefficient (Wildman–Crippen LogP) is 3.18. The number of benzene rings is 1. The first-order chi connectivity index (χ1) is 7.83. The van der Waals surface area contributed by atoms with E-state index in [9.17, 15) is 0 Å². The fraction of sp³-hybridized carbons (Fsp3) is 0.538. The van der Waals surface area contributed by atoms with E-state index in [0.29, 0.717) is 11.3 Å². The zero-order chi connectivity index (χ0) is 11.4. The Labute approximate surface area is 107 Å². The largest absolute Gasteiger partial charge is 0.312 e. The molecule has 3 heteroatoms. The Morgan fingerprint density at radius 1 is 1.19 bits per heavy atom. The van der Waals surface area contributed by atoms with Crippen LogP contribution in [0.4, 0.5) is 0 Å². The van der Waals surface area contributed by atoms with Crippen molar-refractivity contribution in [1.29, 1.82) is 0 Å². The maximum atomic E-state index is 3.48. The second kappa shape index (κ2) is 5.99. The highest BCUT2D eigenvalue weighted by molar-refractivity contribution is 8.07. The summed E-state index contributed by atoms with van der Waals surface area (Å²) in [5.74, 6) is 2.58. The highest BCUT2D eigenvalue weighted by Gasteiger charge is 2.30. The average Bonchev–Trinajstić information content (AvgIpc) is 2.34. The fourth-order valence-electron chi connectivity index (χ4n) is 2.20. The van der Waals surface area contributed by atoms with Gasteiger partial charge in [0, 0.05) is 28.0 Å². The summed E-state index contributed by atoms with van der Waals surface area (Å²) in [5.41, 5.74) is 1.41. The summed E-state index contributed by atoms with van der Waals surface area (Å²) in [4.78, 5) is 0. The van der Waals surface area contributed by atoms with Crippen LogP contribution >= 0.6 is 23.5 Å². The molecule has 1 N–H and O–H groups in total. The summed E-state index contributed by atoms with van der Waals surface area (Å²) in [6.45, 7) is 2.36. The van der Waals surface area contributed by atoms with Gasteiger partial charge < -0.3 is 5.32 Å². The summed E-state index contributed by atoms with van der Waals surface area (Å²) < 4.78 is 0. The van der Waals surface area contributed by atoms with E-state index in [2.05, 4.69) is 73.1 Å². The number of hydrogen-bond acceptors (Lipinski definition) is 3. The topological polar surface area (TPSA) is 12.0 Å². The fourth-order valence-corrected chi connectivity index (χ4v) is 5.19. The highest BCUT2D eigenvalue weighted by atomic mass is 32.2. The van der Waals surface area contributed by atoms with Crippen LogP contribution in [0.1, 0.15) is 18.5 Å². The minimum absolute atomic E-state index is 0.481. The molecule has 1 aliphatic rings. The summed E-state index contributed by atoms with van der Waals surface area (Å²) in [6, 6.07) is 11.3. The van der Waals surface area contributed by atoms with Crippen molar-refractivity contribution in [3.05, 3.63) is 35.9 Å². The van der Waals surface area contributed by atoms with E-state index in [1.165, 1.54) is 17.1 Å². The lowest BCUT2D eigenvalue weighted by Gasteiger charge is -2.34. The molecule has 16 heavy (non-hydrogen) atoms. The first-order valence-corrected chi connectivity index (χ1v) is 7.88. The normalized spacial score (nSPS) is 27.6. The SMILES string of the molecule is CNC(c1ccccc1)C1SCCSC1C. The van der Waals surface area contributed by atoms with Crippen LogP contribution in [-0.2, 0) is 0 Å². The van der Waals surface area contributed by atoms with E-state index < -0.39 is 0 Å². The van der Waals surface area contributed by atoms with Gasteiger partial charge in [0.15, 0.2) is 0 Å². The predicted molar refractivity (Wildman–Crippen MR) is 76.4 cm³/mol. The van der Waals surface area contributed by atoms with Crippen LogP contribution in [0.15, 0.2) is 30.3 Å². The molecule has 88 valence electrons. The molecule has 3 atom stereocenters. The van der Waals surface area contributed by atoms with E-state index >= 15 is 0 Å². The van der Waals surface area contributed by atoms with Crippen molar-refractivity contribution >= 4 is 23.5 Å². The molecule has 0 spiro atoms. The van der Waals surface area contributed by atoms with Gasteiger partial charge in [0.2, 0.25) is 0 Å². The van der Waals surface area contributed by atoms with Gasteiger partial charge in [0.05, 0.1) is 0 Å². The minimum Gasteiger partial charge on any atom is -0.312 e. The Kier molecular flexibility index (Phi) is 4.62. The quantitative estimate of drug-likeness (QED) is 0.888. The Morgan fingerprint density at radius 3 is 2.50 bits per heavy atom. The van der Waals surface area contributed by atoms with Crippen molar-refractivity contribution in [2.45, 2.75) is 23.5 Å². The lowest BCUT2D eigenvalue weighted by Crippen LogP contribution is -2.36. The standard InChI is InChI=1S/C13H19NS2/c1-10-13(16-9-8-15-10)12(14-2)11-6-4-3-5-7-11/h3-7,10,12-14H,8-9H2,1-2H3. The second-order valence-electron chi connectivity index (χ2n) is 4.09. The molecule has 2 rings (SSSR count). The summed E-state index contributed by atoms with van der Waals surface area (Å²) in [6.07, 6.45) is 0. The van der Waals surface area contributed by atoms with Gasteiger partial charge in [-0.1, -0.05) is 37.3 Å². The molecule has 0 saturated carbocycles. The maximum absolute atomic E-state index is 3.48. The van der Waals surface area contributed by atoms with E-state index in [0.717, 1.165) is 5.25 Å². The monoisotopic (exact) mass is 253 g/mol. The molecule has 1 aromatic carbocycles. The van der Waals surface area contributed by atoms with Gasteiger partial charge in [-0.3, -0.25) is 0 Å². The Hall–Kier alpha value is -0.120. The second-order valence-corrected chi connectivity index (χ2v) is 6.86. The average molecular weight is 253 g/mol. The molecule has 0 aromatic heterocycles. The molecular weight excluding hydrogens is 234 g/mol. The van der Waals surface area contributed by atoms with Crippen LogP contribution in [0, 0.1) is 0 Å². The van der Waals surface area contributed by atoms with Crippen LogP contribution in [0.5, 0.6) is 0 Å². The zero-order valence-corrected chi connectivity index (χ0v) is 11.5. The number of nitrogens with one attached hydrogen (secondary N) is 1. The molecule has 1 nitrogen and oxygen atoms in total. The lowest BCUT2D eigenvalue weighted by atomic mass is 10.0. The third-order valence-electron chi connectivity index (χ3n) is 3.04. The smallest absolute Gasteiger partial charge is 0.0448 e. The van der Waals surface area contributed by atoms with E-state index in [1.54, 1.807) is 0 Å². The Morgan fingerprint density at radius 2 is 1.88 bits per heavy atom. The van der Waals surface area contributed by atoms with Crippen molar-refractivity contribution in [1.82, 2.24) is 5.32 Å².